The third-order valence-electron chi connectivity index (χ3n) is 1.93. The quantitative estimate of drug-likeness (QED) is 0.638. The van der Waals surface area contributed by atoms with E-state index in [1.54, 1.807) is 6.20 Å². The van der Waals surface area contributed by atoms with Gasteiger partial charge in [0.2, 0.25) is 0 Å². The Morgan fingerprint density at radius 1 is 1.23 bits per heavy atom. The molecule has 0 amide bonds. The minimum atomic E-state index is 1.14. The molecule has 1 heterocycles. The predicted molar refractivity (Wildman–Crippen MR) is 53.2 cm³/mol. The lowest BCUT2D eigenvalue weighted by Gasteiger charge is -2.00. The predicted octanol–water partition coefficient (Wildman–Crippen LogP) is 2.86. The first-order valence-corrected chi connectivity index (χ1v) is 4.24. The van der Waals surface area contributed by atoms with E-state index in [4.69, 9.17) is 0 Å². The zero-order valence-electron chi connectivity index (χ0n) is 7.49. The molecule has 1 radical (unpaired) electrons. The Morgan fingerprint density at radius 3 is 2.85 bits per heavy atom. The third kappa shape index (κ3) is 1.75. The highest BCUT2D eigenvalue weighted by atomic mass is 14.6. The van der Waals surface area contributed by atoms with Crippen LogP contribution in [0.3, 0.4) is 0 Å². The lowest BCUT2D eigenvalue weighted by Crippen LogP contribution is -1.79. The van der Waals surface area contributed by atoms with Gasteiger partial charge in [0, 0.05) is 18.0 Å². The van der Waals surface area contributed by atoms with Crippen LogP contribution in [0, 0.1) is 13.0 Å². The number of nitrogens with zero attached hydrogens (tertiary/aromatic N) is 1. The molecule has 0 bridgehead atoms. The van der Waals surface area contributed by atoms with Crippen molar-refractivity contribution >= 4 is 0 Å². The van der Waals surface area contributed by atoms with Gasteiger partial charge in [0.1, 0.15) is 0 Å². The first kappa shape index (κ1) is 7.99. The van der Waals surface area contributed by atoms with Crippen LogP contribution in [0.2, 0.25) is 0 Å². The zero-order chi connectivity index (χ0) is 9.10. The van der Waals surface area contributed by atoms with Crippen molar-refractivity contribution in [2.75, 3.05) is 0 Å². The van der Waals surface area contributed by atoms with Crippen LogP contribution in [0.1, 0.15) is 5.56 Å². The van der Waals surface area contributed by atoms with Gasteiger partial charge in [-0.3, -0.25) is 4.98 Å². The molecular formula is C12H10N. The maximum Gasteiger partial charge on any atom is 0.0346 e. The Kier molecular flexibility index (Phi) is 2.09. The summed E-state index contributed by atoms with van der Waals surface area (Å²) in [6.07, 6.45) is 3.64. The van der Waals surface area contributed by atoms with Crippen LogP contribution >= 0.6 is 0 Å². The fourth-order valence-electron chi connectivity index (χ4n) is 1.29. The van der Waals surface area contributed by atoms with Gasteiger partial charge in [0.25, 0.3) is 0 Å². The van der Waals surface area contributed by atoms with E-state index in [0.717, 1.165) is 5.56 Å². The number of rotatable bonds is 1. The van der Waals surface area contributed by atoms with E-state index < -0.39 is 0 Å². The van der Waals surface area contributed by atoms with Crippen molar-refractivity contribution in [3.8, 4) is 11.1 Å². The smallest absolute Gasteiger partial charge is 0.0346 e. The van der Waals surface area contributed by atoms with Gasteiger partial charge in [0.05, 0.1) is 0 Å². The second-order valence-electron chi connectivity index (χ2n) is 3.04. The Hall–Kier alpha value is -1.63. The summed E-state index contributed by atoms with van der Waals surface area (Å²) in [5.74, 6) is 0. The molecule has 1 aromatic carbocycles. The van der Waals surface area contributed by atoms with Crippen LogP contribution in [-0.2, 0) is 0 Å². The standard InChI is InChI=1S/C12H10N/c1-10-4-2-5-11(8-10)12-6-3-7-13-9-12/h3-9H,1H3. The monoisotopic (exact) mass is 168 g/mol. The van der Waals surface area contributed by atoms with E-state index in [9.17, 15) is 0 Å². The van der Waals surface area contributed by atoms with Crippen LogP contribution in [0.5, 0.6) is 0 Å². The van der Waals surface area contributed by atoms with Gasteiger partial charge < -0.3 is 0 Å². The second-order valence-corrected chi connectivity index (χ2v) is 3.04. The van der Waals surface area contributed by atoms with E-state index in [0.29, 0.717) is 0 Å². The summed E-state index contributed by atoms with van der Waals surface area (Å²) < 4.78 is 0. The van der Waals surface area contributed by atoms with Crippen LogP contribution in [0.15, 0.2) is 42.7 Å². The van der Waals surface area contributed by atoms with Crippen molar-refractivity contribution in [1.29, 1.82) is 0 Å². The molecular weight excluding hydrogens is 158 g/mol. The molecule has 0 aliphatic carbocycles. The van der Waals surface area contributed by atoms with Gasteiger partial charge in [-0.25, -0.2) is 0 Å². The Morgan fingerprint density at radius 2 is 2.15 bits per heavy atom. The summed E-state index contributed by atoms with van der Waals surface area (Å²) in [7, 11) is 0. The Bertz CT molecular complexity index is 393. The molecule has 13 heavy (non-hydrogen) atoms. The number of benzene rings is 1. The number of aromatic nitrogens is 1. The zero-order valence-corrected chi connectivity index (χ0v) is 7.49. The molecule has 0 saturated heterocycles. The fourth-order valence-corrected chi connectivity index (χ4v) is 1.29. The summed E-state index contributed by atoms with van der Waals surface area (Å²) in [4.78, 5) is 4.08. The average molecular weight is 168 g/mol. The molecule has 2 aromatic rings. The van der Waals surface area contributed by atoms with Crippen molar-refractivity contribution in [1.82, 2.24) is 4.98 Å². The molecule has 1 aromatic heterocycles. The normalized spacial score (nSPS) is 9.92. The molecule has 0 fully saturated rings. The summed E-state index contributed by atoms with van der Waals surface area (Å²) in [5.41, 5.74) is 3.54. The van der Waals surface area contributed by atoms with E-state index in [2.05, 4.69) is 30.1 Å². The first-order chi connectivity index (χ1) is 6.36. The molecule has 0 aliphatic rings. The highest BCUT2D eigenvalue weighted by Crippen LogP contribution is 2.17. The summed E-state index contributed by atoms with van der Waals surface area (Å²) in [5, 5.41) is 0. The van der Waals surface area contributed by atoms with Crippen LogP contribution < -0.4 is 0 Å². The lowest BCUT2D eigenvalue weighted by atomic mass is 10.1. The number of pyridine rings is 1. The van der Waals surface area contributed by atoms with Crippen molar-refractivity contribution in [2.24, 2.45) is 0 Å². The van der Waals surface area contributed by atoms with Crippen molar-refractivity contribution in [2.45, 2.75) is 6.92 Å². The summed E-state index contributed by atoms with van der Waals surface area (Å²) >= 11 is 0. The number of hydrogen-bond donors (Lipinski definition) is 0. The van der Waals surface area contributed by atoms with Crippen molar-refractivity contribution in [3.63, 3.8) is 0 Å². The van der Waals surface area contributed by atoms with Gasteiger partial charge in [-0.1, -0.05) is 18.2 Å². The third-order valence-corrected chi connectivity index (χ3v) is 1.93. The molecule has 1 heteroatoms. The minimum absolute atomic E-state index is 1.14. The van der Waals surface area contributed by atoms with E-state index >= 15 is 0 Å². The van der Waals surface area contributed by atoms with Gasteiger partial charge in [-0.05, 0) is 36.2 Å². The van der Waals surface area contributed by atoms with Gasteiger partial charge in [-0.15, -0.1) is 0 Å². The molecule has 1 nitrogen and oxygen atoms in total. The van der Waals surface area contributed by atoms with E-state index in [1.165, 1.54) is 11.1 Å². The fraction of sp³-hybridized carbons (Fsp3) is 0.0833. The van der Waals surface area contributed by atoms with Gasteiger partial charge >= 0.3 is 0 Å². The molecule has 0 unspecified atom stereocenters. The van der Waals surface area contributed by atoms with E-state index in [-0.39, 0.29) is 0 Å². The maximum atomic E-state index is 4.08. The minimum Gasteiger partial charge on any atom is -0.264 e. The summed E-state index contributed by atoms with van der Waals surface area (Å²) in [6.45, 7) is 2.07. The molecule has 0 spiro atoms. The first-order valence-electron chi connectivity index (χ1n) is 4.24. The van der Waals surface area contributed by atoms with Crippen molar-refractivity contribution < 1.29 is 0 Å². The largest absolute Gasteiger partial charge is 0.264 e. The average Bonchev–Trinajstić information content (AvgIpc) is 2.19. The van der Waals surface area contributed by atoms with Crippen LogP contribution in [-0.4, -0.2) is 4.98 Å². The molecule has 0 aliphatic heterocycles. The SMILES string of the molecule is Cc1c[c]cc(-c2cccnc2)c1. The lowest BCUT2D eigenvalue weighted by molar-refractivity contribution is 1.33. The molecule has 0 N–H and O–H groups in total. The Labute approximate surface area is 78.1 Å². The van der Waals surface area contributed by atoms with E-state index in [1.807, 2.05) is 24.4 Å². The van der Waals surface area contributed by atoms with Crippen LogP contribution in [0.25, 0.3) is 11.1 Å². The highest BCUT2D eigenvalue weighted by molar-refractivity contribution is 5.62. The topological polar surface area (TPSA) is 12.9 Å². The van der Waals surface area contributed by atoms with Gasteiger partial charge in [0.15, 0.2) is 0 Å². The molecule has 2 rings (SSSR count). The number of aryl methyl sites for hydroxylation is 1. The summed E-state index contributed by atoms with van der Waals surface area (Å²) in [6, 6.07) is 13.2. The maximum absolute atomic E-state index is 4.08. The van der Waals surface area contributed by atoms with Gasteiger partial charge in [-0.2, -0.15) is 0 Å². The number of hydrogen-bond acceptors (Lipinski definition) is 1. The molecule has 0 atom stereocenters. The second kappa shape index (κ2) is 3.40. The highest BCUT2D eigenvalue weighted by Gasteiger charge is 1.95. The molecule has 0 saturated carbocycles. The Balaban J connectivity index is 2.48. The van der Waals surface area contributed by atoms with Crippen LogP contribution in [0.4, 0.5) is 0 Å². The van der Waals surface area contributed by atoms with Crippen molar-refractivity contribution in [3.05, 3.63) is 54.4 Å². The molecule has 63 valence electrons.